The molecule has 0 saturated carbocycles. The molecule has 0 aromatic carbocycles. The number of likely N-dealkylation sites (N-methyl/N-ethyl adjacent to an activating group) is 1. The molecule has 0 aromatic heterocycles. The van der Waals surface area contributed by atoms with Gasteiger partial charge in [0.2, 0.25) is 5.91 Å². The van der Waals surface area contributed by atoms with Gasteiger partial charge in [0, 0.05) is 6.42 Å². The number of quaternary nitrogens is 1. The van der Waals surface area contributed by atoms with Crippen molar-refractivity contribution in [2.24, 2.45) is 0 Å². The Balaban J connectivity index is 4.22. The van der Waals surface area contributed by atoms with E-state index in [-0.39, 0.29) is 19.1 Å². The number of phosphoric acid groups is 1. The maximum Gasteiger partial charge on any atom is 0.472 e. The van der Waals surface area contributed by atoms with Gasteiger partial charge in [0.25, 0.3) is 0 Å². The third-order valence-corrected chi connectivity index (χ3v) is 13.9. The number of unbranched alkanes of at least 4 members (excludes halogenated alkanes) is 37. The summed E-state index contributed by atoms with van der Waals surface area (Å²) in [6.45, 7) is 4.85. The molecule has 65 heavy (non-hydrogen) atoms. The van der Waals surface area contributed by atoms with E-state index in [1.54, 1.807) is 6.08 Å². The largest absolute Gasteiger partial charge is 0.472 e. The van der Waals surface area contributed by atoms with Crippen LogP contribution >= 0.6 is 7.82 Å². The van der Waals surface area contributed by atoms with Gasteiger partial charge < -0.3 is 19.8 Å². The number of rotatable bonds is 52. The summed E-state index contributed by atoms with van der Waals surface area (Å²) in [5.41, 5.74) is 0. The lowest BCUT2D eigenvalue weighted by Crippen LogP contribution is -2.45. The zero-order chi connectivity index (χ0) is 47.8. The molecule has 0 aliphatic rings. The highest BCUT2D eigenvalue weighted by atomic mass is 31.2. The van der Waals surface area contributed by atoms with Gasteiger partial charge in [-0.1, -0.05) is 250 Å². The van der Waals surface area contributed by atoms with Crippen LogP contribution < -0.4 is 5.32 Å². The first-order valence-corrected chi connectivity index (χ1v) is 29.7. The van der Waals surface area contributed by atoms with Crippen molar-refractivity contribution in [2.75, 3.05) is 40.9 Å². The molecule has 0 aliphatic carbocycles. The average molecular weight is 940 g/mol. The molecule has 0 bridgehead atoms. The molecule has 0 spiro atoms. The van der Waals surface area contributed by atoms with E-state index in [2.05, 4.69) is 31.3 Å². The van der Waals surface area contributed by atoms with Gasteiger partial charge in [0.15, 0.2) is 0 Å². The smallest absolute Gasteiger partial charge is 0.387 e. The van der Waals surface area contributed by atoms with Crippen molar-refractivity contribution in [3.8, 4) is 0 Å². The number of phosphoric ester groups is 1. The Morgan fingerprint density at radius 3 is 1.18 bits per heavy atom. The van der Waals surface area contributed by atoms with E-state index in [4.69, 9.17) is 9.05 Å². The second kappa shape index (κ2) is 48.0. The summed E-state index contributed by atoms with van der Waals surface area (Å²) < 4.78 is 23.7. The van der Waals surface area contributed by atoms with Gasteiger partial charge in [-0.3, -0.25) is 13.8 Å². The molecule has 9 heteroatoms. The molecule has 8 nitrogen and oxygen atoms in total. The zero-order valence-electron chi connectivity index (χ0n) is 44.0. The topological polar surface area (TPSA) is 105 Å². The number of carbonyl (C=O) groups is 1. The van der Waals surface area contributed by atoms with E-state index in [0.29, 0.717) is 17.4 Å². The normalized spacial score (nSPS) is 14.1. The van der Waals surface area contributed by atoms with E-state index in [1.807, 2.05) is 27.2 Å². The van der Waals surface area contributed by atoms with Crippen LogP contribution in [0.3, 0.4) is 0 Å². The molecule has 386 valence electrons. The van der Waals surface area contributed by atoms with Crippen molar-refractivity contribution >= 4 is 13.7 Å². The number of nitrogens with one attached hydrogen (secondary N) is 1. The van der Waals surface area contributed by atoms with E-state index in [1.165, 1.54) is 205 Å². The summed E-state index contributed by atoms with van der Waals surface area (Å²) in [7, 11) is 1.58. The second-order valence-corrected chi connectivity index (χ2v) is 22.1. The van der Waals surface area contributed by atoms with E-state index in [9.17, 15) is 19.4 Å². The number of amides is 1. The molecule has 0 rings (SSSR count). The Bertz CT molecular complexity index is 1110. The lowest BCUT2D eigenvalue weighted by molar-refractivity contribution is -0.870. The van der Waals surface area contributed by atoms with Crippen molar-refractivity contribution < 1.29 is 32.9 Å². The summed E-state index contributed by atoms with van der Waals surface area (Å²) in [6.07, 6.45) is 59.9. The van der Waals surface area contributed by atoms with Crippen LogP contribution in [0.1, 0.15) is 277 Å². The van der Waals surface area contributed by atoms with Gasteiger partial charge in [-0.05, 0) is 44.9 Å². The minimum Gasteiger partial charge on any atom is -0.387 e. The number of carbonyl (C=O) groups excluding carboxylic acids is 1. The van der Waals surface area contributed by atoms with Crippen LogP contribution in [0.15, 0.2) is 24.3 Å². The molecular formula is C56H112N2O6P+. The van der Waals surface area contributed by atoms with Crippen molar-refractivity contribution in [3.05, 3.63) is 24.3 Å². The number of aliphatic hydroxyl groups is 1. The summed E-state index contributed by atoms with van der Waals surface area (Å²) in [4.78, 5) is 23.3. The van der Waals surface area contributed by atoms with Gasteiger partial charge in [0.05, 0.1) is 39.9 Å². The lowest BCUT2D eigenvalue weighted by atomic mass is 10.0. The summed E-state index contributed by atoms with van der Waals surface area (Å²) in [6, 6.07) is -0.849. The van der Waals surface area contributed by atoms with Crippen LogP contribution in [0.2, 0.25) is 0 Å². The fourth-order valence-electron chi connectivity index (χ4n) is 8.45. The molecule has 1 amide bonds. The predicted octanol–water partition coefficient (Wildman–Crippen LogP) is 16.8. The highest BCUT2D eigenvalue weighted by Gasteiger charge is 2.27. The Kier molecular flexibility index (Phi) is 47.3. The van der Waals surface area contributed by atoms with Crippen LogP contribution in [-0.2, 0) is 18.4 Å². The van der Waals surface area contributed by atoms with Crippen LogP contribution in [-0.4, -0.2) is 73.4 Å². The Morgan fingerprint density at radius 2 is 0.831 bits per heavy atom. The first-order valence-electron chi connectivity index (χ1n) is 28.2. The summed E-state index contributed by atoms with van der Waals surface area (Å²) in [5.74, 6) is -0.181. The molecule has 3 atom stereocenters. The molecule has 0 saturated heterocycles. The van der Waals surface area contributed by atoms with Gasteiger partial charge in [0.1, 0.15) is 13.2 Å². The Labute approximate surface area is 404 Å². The molecule has 0 fully saturated rings. The van der Waals surface area contributed by atoms with Crippen LogP contribution in [0.4, 0.5) is 0 Å². The number of hydrogen-bond donors (Lipinski definition) is 3. The van der Waals surface area contributed by atoms with E-state index in [0.717, 1.165) is 51.4 Å². The molecule has 0 aromatic rings. The third-order valence-electron chi connectivity index (χ3n) is 12.9. The molecule has 0 heterocycles. The van der Waals surface area contributed by atoms with Crippen molar-refractivity contribution in [1.29, 1.82) is 0 Å². The number of nitrogens with zero attached hydrogens (tertiary/aromatic N) is 1. The molecule has 3 unspecified atom stereocenters. The van der Waals surface area contributed by atoms with Crippen LogP contribution in [0.25, 0.3) is 0 Å². The Morgan fingerprint density at radius 1 is 0.508 bits per heavy atom. The van der Waals surface area contributed by atoms with Crippen molar-refractivity contribution in [3.63, 3.8) is 0 Å². The number of hydrogen-bond acceptors (Lipinski definition) is 5. The highest BCUT2D eigenvalue weighted by Crippen LogP contribution is 2.43. The van der Waals surface area contributed by atoms with Gasteiger partial charge in [-0.2, -0.15) is 0 Å². The summed E-state index contributed by atoms with van der Waals surface area (Å²) in [5, 5.41) is 13.9. The Hall–Kier alpha value is -1.02. The fourth-order valence-corrected chi connectivity index (χ4v) is 9.19. The fraction of sp³-hybridized carbons (Fsp3) is 0.911. The summed E-state index contributed by atoms with van der Waals surface area (Å²) >= 11 is 0. The maximum atomic E-state index is 12.9. The second-order valence-electron chi connectivity index (χ2n) is 20.7. The molecule has 0 aliphatic heterocycles. The maximum absolute atomic E-state index is 12.9. The molecular weight excluding hydrogens is 828 g/mol. The van der Waals surface area contributed by atoms with Crippen molar-refractivity contribution in [1.82, 2.24) is 5.32 Å². The minimum absolute atomic E-state index is 0.0615. The first-order chi connectivity index (χ1) is 31.5. The van der Waals surface area contributed by atoms with Crippen LogP contribution in [0, 0.1) is 0 Å². The number of allylic oxidation sites excluding steroid dienone is 3. The van der Waals surface area contributed by atoms with Gasteiger partial charge >= 0.3 is 7.82 Å². The number of aliphatic hydroxyl groups excluding tert-OH is 1. The van der Waals surface area contributed by atoms with Gasteiger partial charge in [-0.25, -0.2) is 4.57 Å². The molecule has 0 radical (unpaired) electrons. The van der Waals surface area contributed by atoms with E-state index >= 15 is 0 Å². The minimum atomic E-state index is -4.35. The van der Waals surface area contributed by atoms with E-state index < -0.39 is 20.0 Å². The highest BCUT2D eigenvalue weighted by molar-refractivity contribution is 7.47. The van der Waals surface area contributed by atoms with Crippen molar-refractivity contribution in [2.45, 2.75) is 289 Å². The van der Waals surface area contributed by atoms with Crippen LogP contribution in [0.5, 0.6) is 0 Å². The lowest BCUT2D eigenvalue weighted by Gasteiger charge is -2.25. The third kappa shape index (κ3) is 50.7. The zero-order valence-corrected chi connectivity index (χ0v) is 44.9. The average Bonchev–Trinajstić information content (AvgIpc) is 3.26. The molecule has 3 N–H and O–H groups in total. The monoisotopic (exact) mass is 940 g/mol. The standard InChI is InChI=1S/C56H111N2O6P/c1-6-8-10-12-14-16-18-20-22-24-26-27-28-29-30-31-32-33-35-37-39-41-43-45-47-49-55(59)54(53-64-65(61,62)63-52-51-58(3,4)5)57-56(60)50-48-46-44-42-40-38-36-34-25-23-21-19-17-15-13-11-9-7-2/h34,36,47,49,54-55,59H,6-33,35,37-46,48,50-53H2,1-5H3,(H-,57,60,61,62)/p+1/b36-34-,49-47+. The van der Waals surface area contributed by atoms with Gasteiger partial charge in [-0.15, -0.1) is 0 Å². The quantitative estimate of drug-likeness (QED) is 0.0243. The first kappa shape index (κ1) is 64.0. The SMILES string of the molecule is CCCCCCCCCCC/C=C\CCCCCCCC(=O)NC(COP(=O)(O)OCC[N+](C)(C)C)C(O)/C=C/CCCCCCCCCCCCCCCCCCCCCCCCC. The predicted molar refractivity (Wildman–Crippen MR) is 281 cm³/mol.